The number of primary amides is 1. The second-order valence-corrected chi connectivity index (χ2v) is 6.68. The number of hydrogen-bond donors (Lipinski definition) is 3. The standard InChI is InChI=1S/C16H22ClN3O5S/c1-9(25-15(22)11(6-7-26-3)20-16(18)23)14(21)19-12-8-10(17)4-5-13(12)24-2/h4-5,8-9,11H,6-7H2,1-3H3,(H,19,21)(H3,18,20,23)/t9-,11-/m1/s1. The van der Waals surface area contributed by atoms with Gasteiger partial charge in [-0.2, -0.15) is 11.8 Å². The minimum atomic E-state index is -1.10. The molecule has 1 aromatic carbocycles. The van der Waals surface area contributed by atoms with Crippen molar-refractivity contribution in [1.29, 1.82) is 0 Å². The first kappa shape index (κ1) is 21.9. The minimum absolute atomic E-state index is 0.333. The zero-order valence-electron chi connectivity index (χ0n) is 14.7. The highest BCUT2D eigenvalue weighted by Crippen LogP contribution is 2.27. The molecule has 0 heterocycles. The first-order valence-electron chi connectivity index (χ1n) is 7.68. The first-order chi connectivity index (χ1) is 12.3. The predicted molar refractivity (Wildman–Crippen MR) is 102 cm³/mol. The highest BCUT2D eigenvalue weighted by atomic mass is 35.5. The third-order valence-electron chi connectivity index (χ3n) is 3.29. The quantitative estimate of drug-likeness (QED) is 0.542. The van der Waals surface area contributed by atoms with Crippen molar-refractivity contribution in [2.24, 2.45) is 5.73 Å². The van der Waals surface area contributed by atoms with Crippen molar-refractivity contribution < 1.29 is 23.9 Å². The summed E-state index contributed by atoms with van der Waals surface area (Å²) >= 11 is 7.41. The normalized spacial score (nSPS) is 12.6. The Morgan fingerprint density at radius 1 is 1.35 bits per heavy atom. The SMILES string of the molecule is COc1ccc(Cl)cc1NC(=O)[C@@H](C)OC(=O)[C@@H](CCSC)NC(N)=O. The van der Waals surface area contributed by atoms with Crippen LogP contribution >= 0.6 is 23.4 Å². The highest BCUT2D eigenvalue weighted by molar-refractivity contribution is 7.98. The molecule has 0 saturated heterocycles. The average molecular weight is 404 g/mol. The van der Waals surface area contributed by atoms with Gasteiger partial charge < -0.3 is 25.8 Å². The van der Waals surface area contributed by atoms with Crippen LogP contribution in [0.4, 0.5) is 10.5 Å². The molecule has 4 N–H and O–H groups in total. The number of hydrogen-bond acceptors (Lipinski definition) is 6. The van der Waals surface area contributed by atoms with E-state index in [1.165, 1.54) is 31.9 Å². The molecule has 1 aromatic rings. The molecule has 0 aliphatic carbocycles. The Morgan fingerprint density at radius 3 is 2.62 bits per heavy atom. The second-order valence-electron chi connectivity index (χ2n) is 5.26. The van der Waals surface area contributed by atoms with Crippen LogP contribution in [0.25, 0.3) is 0 Å². The van der Waals surface area contributed by atoms with E-state index in [1.807, 2.05) is 6.26 Å². The molecule has 26 heavy (non-hydrogen) atoms. The summed E-state index contributed by atoms with van der Waals surface area (Å²) in [4.78, 5) is 35.5. The number of halogens is 1. The molecule has 0 aliphatic rings. The van der Waals surface area contributed by atoms with E-state index in [0.717, 1.165) is 0 Å². The van der Waals surface area contributed by atoms with E-state index in [1.54, 1.807) is 12.1 Å². The molecule has 1 rings (SSSR count). The number of rotatable bonds is 9. The lowest BCUT2D eigenvalue weighted by Crippen LogP contribution is -2.46. The minimum Gasteiger partial charge on any atom is -0.495 e. The third kappa shape index (κ3) is 7.01. The van der Waals surface area contributed by atoms with Crippen molar-refractivity contribution in [3.8, 4) is 5.75 Å². The van der Waals surface area contributed by atoms with Crippen LogP contribution in [0.2, 0.25) is 5.02 Å². The fraction of sp³-hybridized carbons (Fsp3) is 0.438. The van der Waals surface area contributed by atoms with Crippen molar-refractivity contribution in [3.05, 3.63) is 23.2 Å². The number of nitrogens with one attached hydrogen (secondary N) is 2. The van der Waals surface area contributed by atoms with Gasteiger partial charge in [-0.05, 0) is 43.6 Å². The van der Waals surface area contributed by atoms with Gasteiger partial charge >= 0.3 is 12.0 Å². The topological polar surface area (TPSA) is 120 Å². The van der Waals surface area contributed by atoms with Crippen LogP contribution in [-0.2, 0) is 14.3 Å². The van der Waals surface area contributed by atoms with Gasteiger partial charge in [-0.25, -0.2) is 9.59 Å². The van der Waals surface area contributed by atoms with Crippen molar-refractivity contribution in [2.75, 3.05) is 24.4 Å². The van der Waals surface area contributed by atoms with Gasteiger partial charge in [0.25, 0.3) is 5.91 Å². The maximum atomic E-state index is 12.3. The van der Waals surface area contributed by atoms with Gasteiger partial charge in [0.05, 0.1) is 12.8 Å². The van der Waals surface area contributed by atoms with Crippen molar-refractivity contribution in [3.63, 3.8) is 0 Å². The summed E-state index contributed by atoms with van der Waals surface area (Å²) in [6.45, 7) is 1.42. The summed E-state index contributed by atoms with van der Waals surface area (Å²) in [6.07, 6.45) is 1.10. The number of nitrogens with two attached hydrogens (primary N) is 1. The number of ether oxygens (including phenoxy) is 2. The maximum absolute atomic E-state index is 12.3. The zero-order chi connectivity index (χ0) is 19.7. The summed E-state index contributed by atoms with van der Waals surface area (Å²) in [7, 11) is 1.45. The predicted octanol–water partition coefficient (Wildman–Crippen LogP) is 2.01. The van der Waals surface area contributed by atoms with Crippen LogP contribution in [0.5, 0.6) is 5.75 Å². The van der Waals surface area contributed by atoms with Gasteiger partial charge in [-0.3, -0.25) is 4.79 Å². The van der Waals surface area contributed by atoms with Crippen LogP contribution in [0.3, 0.4) is 0 Å². The Hall–Kier alpha value is -2.13. The van der Waals surface area contributed by atoms with Crippen LogP contribution in [-0.4, -0.2) is 49.2 Å². The second kappa shape index (κ2) is 10.8. The fourth-order valence-electron chi connectivity index (χ4n) is 1.98. The first-order valence-corrected chi connectivity index (χ1v) is 9.45. The molecule has 0 aromatic heterocycles. The smallest absolute Gasteiger partial charge is 0.329 e. The number of esters is 1. The van der Waals surface area contributed by atoms with E-state index in [0.29, 0.717) is 28.6 Å². The largest absolute Gasteiger partial charge is 0.495 e. The van der Waals surface area contributed by atoms with Crippen LogP contribution < -0.4 is 21.1 Å². The lowest BCUT2D eigenvalue weighted by atomic mass is 10.2. The summed E-state index contributed by atoms with van der Waals surface area (Å²) in [5.41, 5.74) is 5.42. The Bertz CT molecular complexity index is 659. The van der Waals surface area contributed by atoms with Crippen LogP contribution in [0.1, 0.15) is 13.3 Å². The Balaban J connectivity index is 2.74. The number of carbonyl (C=O) groups excluding carboxylic acids is 3. The molecule has 0 bridgehead atoms. The molecular weight excluding hydrogens is 382 g/mol. The number of urea groups is 1. The molecular formula is C16H22ClN3O5S. The molecule has 0 saturated carbocycles. The van der Waals surface area contributed by atoms with Crippen LogP contribution in [0.15, 0.2) is 18.2 Å². The fourth-order valence-corrected chi connectivity index (χ4v) is 2.62. The number of thioether (sulfide) groups is 1. The van der Waals surface area contributed by atoms with E-state index in [4.69, 9.17) is 26.8 Å². The molecule has 0 aliphatic heterocycles. The molecule has 8 nitrogen and oxygen atoms in total. The van der Waals surface area contributed by atoms with Gasteiger partial charge in [0.1, 0.15) is 11.8 Å². The van der Waals surface area contributed by atoms with E-state index in [-0.39, 0.29) is 0 Å². The number of methoxy groups -OCH3 is 1. The molecule has 2 atom stereocenters. The lowest BCUT2D eigenvalue weighted by molar-refractivity contribution is -0.155. The van der Waals surface area contributed by atoms with E-state index >= 15 is 0 Å². The number of amides is 3. The summed E-state index contributed by atoms with van der Waals surface area (Å²) in [5.74, 6) is -0.282. The average Bonchev–Trinajstić information content (AvgIpc) is 2.58. The van der Waals surface area contributed by atoms with Gasteiger partial charge in [0.2, 0.25) is 0 Å². The summed E-state index contributed by atoms with van der Waals surface area (Å²) in [5, 5.41) is 5.32. The number of benzene rings is 1. The zero-order valence-corrected chi connectivity index (χ0v) is 16.3. The Kier molecular flexibility index (Phi) is 9.08. The van der Waals surface area contributed by atoms with Gasteiger partial charge in [0.15, 0.2) is 6.10 Å². The maximum Gasteiger partial charge on any atom is 0.329 e. The van der Waals surface area contributed by atoms with Gasteiger partial charge in [0, 0.05) is 5.02 Å². The van der Waals surface area contributed by atoms with E-state index in [9.17, 15) is 14.4 Å². The van der Waals surface area contributed by atoms with Gasteiger partial charge in [-0.1, -0.05) is 11.6 Å². The molecule has 0 spiro atoms. The third-order valence-corrected chi connectivity index (χ3v) is 4.17. The van der Waals surface area contributed by atoms with Gasteiger partial charge in [-0.15, -0.1) is 0 Å². The Morgan fingerprint density at radius 2 is 2.04 bits per heavy atom. The molecule has 3 amide bonds. The monoisotopic (exact) mass is 403 g/mol. The van der Waals surface area contributed by atoms with Crippen molar-refractivity contribution in [1.82, 2.24) is 5.32 Å². The molecule has 0 unspecified atom stereocenters. The Labute approximate surface area is 161 Å². The lowest BCUT2D eigenvalue weighted by Gasteiger charge is -2.20. The van der Waals surface area contributed by atoms with Crippen molar-refractivity contribution >= 4 is 47.0 Å². The molecule has 0 fully saturated rings. The molecule has 144 valence electrons. The highest BCUT2D eigenvalue weighted by Gasteiger charge is 2.26. The summed E-state index contributed by atoms with van der Waals surface area (Å²) < 4.78 is 10.3. The van der Waals surface area contributed by atoms with E-state index < -0.39 is 30.1 Å². The van der Waals surface area contributed by atoms with Crippen LogP contribution in [0, 0.1) is 0 Å². The molecule has 0 radical (unpaired) electrons. The summed E-state index contributed by atoms with van der Waals surface area (Å²) in [6, 6.07) is 2.97. The van der Waals surface area contributed by atoms with E-state index in [2.05, 4.69) is 10.6 Å². The number of anilines is 1. The number of carbonyl (C=O) groups is 3. The van der Waals surface area contributed by atoms with Crippen molar-refractivity contribution in [2.45, 2.75) is 25.5 Å². The molecule has 10 heteroatoms.